The summed E-state index contributed by atoms with van der Waals surface area (Å²) in [6.07, 6.45) is 1.05. The largest absolute Gasteiger partial charge is 0.491 e. The molecule has 0 N–H and O–H groups in total. The maximum atomic E-state index is 5.86. The number of ether oxygens (including phenoxy) is 1. The van der Waals surface area contributed by atoms with Gasteiger partial charge in [-0.1, -0.05) is 18.2 Å². The maximum absolute atomic E-state index is 5.86. The molecule has 1 aromatic carbocycles. The lowest BCUT2D eigenvalue weighted by Crippen LogP contribution is -2.15. The summed E-state index contributed by atoms with van der Waals surface area (Å²) in [5.41, 5.74) is 0. The lowest BCUT2D eigenvalue weighted by Gasteiger charge is -2.15. The highest BCUT2D eigenvalue weighted by Crippen LogP contribution is 2.14. The van der Waals surface area contributed by atoms with Crippen LogP contribution in [-0.4, -0.2) is 11.5 Å². The summed E-state index contributed by atoms with van der Waals surface area (Å²) in [4.78, 5) is 0. The molecule has 0 aromatic heterocycles. The minimum atomic E-state index is 0.165. The molecule has 0 saturated carbocycles. The molecule has 0 unspecified atom stereocenters. The molecule has 0 saturated heterocycles. The van der Waals surface area contributed by atoms with Gasteiger partial charge in [-0.05, 0) is 26.0 Å². The Morgan fingerprint density at radius 2 is 1.85 bits per heavy atom. The summed E-state index contributed by atoms with van der Waals surface area (Å²) < 4.78 is 5.64. The van der Waals surface area contributed by atoms with Crippen molar-refractivity contribution in [3.63, 3.8) is 0 Å². The Morgan fingerprint density at radius 1 is 1.23 bits per heavy atom. The molecule has 0 spiro atoms. The smallest absolute Gasteiger partial charge is 0.119 e. The molecule has 13 heavy (non-hydrogen) atoms. The van der Waals surface area contributed by atoms with Gasteiger partial charge in [0.15, 0.2) is 0 Å². The number of rotatable bonds is 4. The van der Waals surface area contributed by atoms with Crippen LogP contribution in [0.15, 0.2) is 30.3 Å². The van der Waals surface area contributed by atoms with E-state index >= 15 is 0 Å². The summed E-state index contributed by atoms with van der Waals surface area (Å²) in [6.45, 7) is 4.01. The molecular weight excluding hydrogens is 184 g/mol. The standard InChI is InChI=1S/C11H15ClO/c1-9(12)8-10(2)13-11-6-4-3-5-7-11/h3-7,9-10H,8H2,1-2H3/t9-,10-/m0/s1. The van der Waals surface area contributed by atoms with E-state index in [0.29, 0.717) is 0 Å². The average molecular weight is 199 g/mol. The molecular formula is C11H15ClO. The first-order valence-electron chi connectivity index (χ1n) is 4.54. The van der Waals surface area contributed by atoms with Crippen molar-refractivity contribution in [2.45, 2.75) is 31.7 Å². The van der Waals surface area contributed by atoms with Crippen molar-refractivity contribution in [1.82, 2.24) is 0 Å². The van der Waals surface area contributed by atoms with Gasteiger partial charge in [0.1, 0.15) is 5.75 Å². The zero-order valence-corrected chi connectivity index (χ0v) is 8.79. The third kappa shape index (κ3) is 4.18. The molecule has 0 heterocycles. The van der Waals surface area contributed by atoms with Crippen LogP contribution in [-0.2, 0) is 0 Å². The first-order chi connectivity index (χ1) is 6.18. The third-order valence-electron chi connectivity index (χ3n) is 1.74. The van der Waals surface area contributed by atoms with E-state index in [1.807, 2.05) is 44.2 Å². The first kappa shape index (κ1) is 10.4. The molecule has 0 aliphatic carbocycles. The van der Waals surface area contributed by atoms with Gasteiger partial charge >= 0.3 is 0 Å². The summed E-state index contributed by atoms with van der Waals surface area (Å²) in [7, 11) is 0. The molecule has 0 fully saturated rings. The van der Waals surface area contributed by atoms with Gasteiger partial charge in [0.25, 0.3) is 0 Å². The fourth-order valence-electron chi connectivity index (χ4n) is 1.24. The van der Waals surface area contributed by atoms with Crippen molar-refractivity contribution in [3.8, 4) is 5.75 Å². The van der Waals surface area contributed by atoms with E-state index < -0.39 is 0 Å². The lowest BCUT2D eigenvalue weighted by atomic mass is 10.2. The Morgan fingerprint density at radius 3 is 2.38 bits per heavy atom. The minimum Gasteiger partial charge on any atom is -0.491 e. The van der Waals surface area contributed by atoms with Gasteiger partial charge in [0, 0.05) is 11.8 Å². The highest BCUT2D eigenvalue weighted by Gasteiger charge is 2.06. The predicted octanol–water partition coefficient (Wildman–Crippen LogP) is 3.47. The highest BCUT2D eigenvalue weighted by molar-refractivity contribution is 6.20. The van der Waals surface area contributed by atoms with Crippen LogP contribution >= 0.6 is 11.6 Å². The van der Waals surface area contributed by atoms with E-state index in [0.717, 1.165) is 12.2 Å². The number of halogens is 1. The molecule has 0 bridgehead atoms. The van der Waals surface area contributed by atoms with E-state index in [4.69, 9.17) is 16.3 Å². The van der Waals surface area contributed by atoms with Crippen LogP contribution in [0.1, 0.15) is 20.3 Å². The predicted molar refractivity (Wildman–Crippen MR) is 56.5 cm³/mol. The second-order valence-electron chi connectivity index (χ2n) is 3.26. The van der Waals surface area contributed by atoms with Crippen LogP contribution in [0.2, 0.25) is 0 Å². The van der Waals surface area contributed by atoms with Crippen molar-refractivity contribution in [2.24, 2.45) is 0 Å². The third-order valence-corrected chi connectivity index (χ3v) is 1.92. The summed E-state index contributed by atoms with van der Waals surface area (Å²) >= 11 is 5.86. The molecule has 0 aliphatic heterocycles. The quantitative estimate of drug-likeness (QED) is 0.674. The maximum Gasteiger partial charge on any atom is 0.119 e. The zero-order valence-electron chi connectivity index (χ0n) is 8.03. The molecule has 0 aliphatic rings. The van der Waals surface area contributed by atoms with Gasteiger partial charge in [0.05, 0.1) is 6.10 Å². The van der Waals surface area contributed by atoms with Crippen LogP contribution < -0.4 is 4.74 Å². The van der Waals surface area contributed by atoms with Gasteiger partial charge in [-0.15, -0.1) is 11.6 Å². The van der Waals surface area contributed by atoms with Crippen LogP contribution in [0.25, 0.3) is 0 Å². The summed E-state index contributed by atoms with van der Waals surface area (Å²) in [6, 6.07) is 9.81. The molecule has 1 rings (SSSR count). The number of benzene rings is 1. The minimum absolute atomic E-state index is 0.165. The Balaban J connectivity index is 2.41. The fourth-order valence-corrected chi connectivity index (χ4v) is 1.49. The van der Waals surface area contributed by atoms with Crippen molar-refractivity contribution >= 4 is 11.6 Å². The zero-order chi connectivity index (χ0) is 9.68. The molecule has 2 heteroatoms. The van der Waals surface area contributed by atoms with Gasteiger partial charge < -0.3 is 4.74 Å². The molecule has 0 amide bonds. The molecule has 2 atom stereocenters. The van der Waals surface area contributed by atoms with Crippen LogP contribution in [0, 0.1) is 0 Å². The Kier molecular flexibility index (Phi) is 4.10. The molecule has 1 nitrogen and oxygen atoms in total. The van der Waals surface area contributed by atoms with Gasteiger partial charge in [-0.25, -0.2) is 0 Å². The topological polar surface area (TPSA) is 9.23 Å². The van der Waals surface area contributed by atoms with Gasteiger partial charge in [-0.3, -0.25) is 0 Å². The van der Waals surface area contributed by atoms with E-state index in [2.05, 4.69) is 0 Å². The van der Waals surface area contributed by atoms with E-state index in [1.165, 1.54) is 0 Å². The summed E-state index contributed by atoms with van der Waals surface area (Å²) in [5, 5.41) is 0.165. The van der Waals surface area contributed by atoms with Crippen LogP contribution in [0.4, 0.5) is 0 Å². The first-order valence-corrected chi connectivity index (χ1v) is 4.98. The van der Waals surface area contributed by atoms with E-state index in [9.17, 15) is 0 Å². The Labute approximate surface area is 84.7 Å². The number of hydrogen-bond donors (Lipinski definition) is 0. The molecule has 72 valence electrons. The SMILES string of the molecule is C[C@H](Cl)C[C@H](C)Oc1ccccc1. The average Bonchev–Trinajstić information content (AvgIpc) is 2.04. The summed E-state index contributed by atoms with van der Waals surface area (Å²) in [5.74, 6) is 0.910. The second-order valence-corrected chi connectivity index (χ2v) is 4.00. The number of hydrogen-bond acceptors (Lipinski definition) is 1. The highest BCUT2D eigenvalue weighted by atomic mass is 35.5. The Hall–Kier alpha value is -0.690. The van der Waals surface area contributed by atoms with Crippen molar-refractivity contribution in [3.05, 3.63) is 30.3 Å². The normalized spacial score (nSPS) is 15.0. The van der Waals surface area contributed by atoms with Crippen molar-refractivity contribution in [2.75, 3.05) is 0 Å². The monoisotopic (exact) mass is 198 g/mol. The number of para-hydroxylation sites is 1. The Bertz CT molecular complexity index is 233. The van der Waals surface area contributed by atoms with Crippen LogP contribution in [0.3, 0.4) is 0 Å². The van der Waals surface area contributed by atoms with Crippen molar-refractivity contribution in [1.29, 1.82) is 0 Å². The lowest BCUT2D eigenvalue weighted by molar-refractivity contribution is 0.211. The van der Waals surface area contributed by atoms with Crippen LogP contribution in [0.5, 0.6) is 5.75 Å². The van der Waals surface area contributed by atoms with E-state index in [-0.39, 0.29) is 11.5 Å². The molecule has 0 radical (unpaired) electrons. The number of alkyl halides is 1. The van der Waals surface area contributed by atoms with Gasteiger partial charge in [-0.2, -0.15) is 0 Å². The fraction of sp³-hybridized carbons (Fsp3) is 0.455. The van der Waals surface area contributed by atoms with Crippen molar-refractivity contribution < 1.29 is 4.74 Å². The second kappa shape index (κ2) is 5.13. The van der Waals surface area contributed by atoms with Gasteiger partial charge in [0.2, 0.25) is 0 Å². The molecule has 1 aromatic rings. The van der Waals surface area contributed by atoms with E-state index in [1.54, 1.807) is 0 Å².